The van der Waals surface area contributed by atoms with Gasteiger partial charge in [-0.05, 0) is 66.0 Å². The zero-order valence-corrected chi connectivity index (χ0v) is 22.5. The van der Waals surface area contributed by atoms with Gasteiger partial charge in [0, 0.05) is 0 Å². The van der Waals surface area contributed by atoms with Crippen LogP contribution in [0.1, 0.15) is 16.0 Å². The molecular formula is C27H24N4O5S2. The molecule has 1 N–H and O–H groups in total. The number of methoxy groups -OCH3 is 2. The van der Waals surface area contributed by atoms with E-state index >= 15 is 0 Å². The predicted octanol–water partition coefficient (Wildman–Crippen LogP) is 5.20. The quantitative estimate of drug-likeness (QED) is 0.289. The van der Waals surface area contributed by atoms with Gasteiger partial charge in [0.1, 0.15) is 24.0 Å². The minimum Gasteiger partial charge on any atom is -0.493 e. The first-order valence-electron chi connectivity index (χ1n) is 11.6. The molecule has 2 aliphatic heterocycles. The molecule has 1 amide bonds. The van der Waals surface area contributed by atoms with E-state index in [1.807, 2.05) is 48.7 Å². The molecule has 0 unspecified atom stereocenters. The highest BCUT2D eigenvalue weighted by Gasteiger charge is 2.36. The molecule has 9 nitrogen and oxygen atoms in total. The van der Waals surface area contributed by atoms with Gasteiger partial charge in [-0.25, -0.2) is 0 Å². The Kier molecular flexibility index (Phi) is 7.47. The number of thiophene rings is 1. The molecule has 0 radical (unpaired) electrons. The Morgan fingerprint density at radius 1 is 1.03 bits per heavy atom. The molecule has 3 aromatic rings. The van der Waals surface area contributed by atoms with Crippen molar-refractivity contribution in [1.82, 2.24) is 5.01 Å². The van der Waals surface area contributed by atoms with Crippen LogP contribution in [-0.2, 0) is 4.79 Å². The summed E-state index contributed by atoms with van der Waals surface area (Å²) in [5.74, 6) is 1.44. The van der Waals surface area contributed by atoms with E-state index in [1.165, 1.54) is 42.3 Å². The van der Waals surface area contributed by atoms with Crippen LogP contribution in [0.3, 0.4) is 0 Å². The van der Waals surface area contributed by atoms with Gasteiger partial charge in [0.2, 0.25) is 10.9 Å². The summed E-state index contributed by atoms with van der Waals surface area (Å²) < 4.78 is 22.8. The van der Waals surface area contributed by atoms with Crippen LogP contribution < -0.4 is 18.9 Å². The summed E-state index contributed by atoms with van der Waals surface area (Å²) in [6, 6.07) is 15.1. The number of ether oxygens (including phenoxy) is 4. The molecule has 0 saturated heterocycles. The molecule has 0 fully saturated rings. The second-order valence-corrected chi connectivity index (χ2v) is 10.1. The van der Waals surface area contributed by atoms with Crippen molar-refractivity contribution in [2.24, 2.45) is 10.1 Å². The summed E-state index contributed by atoms with van der Waals surface area (Å²) in [4.78, 5) is 18.0. The normalized spacial score (nSPS) is 15.8. The lowest BCUT2D eigenvalue weighted by Gasteiger charge is -2.20. The van der Waals surface area contributed by atoms with E-state index in [0.717, 1.165) is 16.2 Å². The van der Waals surface area contributed by atoms with Gasteiger partial charge < -0.3 is 18.9 Å². The van der Waals surface area contributed by atoms with Crippen LogP contribution in [0.5, 0.6) is 23.0 Å². The molecule has 1 aromatic heterocycles. The van der Waals surface area contributed by atoms with Crippen molar-refractivity contribution in [3.8, 4) is 23.0 Å². The Balaban J connectivity index is 1.34. The number of amides is 1. The lowest BCUT2D eigenvalue weighted by Crippen LogP contribution is -2.35. The Morgan fingerprint density at radius 3 is 2.39 bits per heavy atom. The van der Waals surface area contributed by atoms with E-state index in [-0.39, 0.29) is 18.0 Å². The van der Waals surface area contributed by atoms with Gasteiger partial charge in [-0.15, -0.1) is 11.3 Å². The van der Waals surface area contributed by atoms with Gasteiger partial charge in [0.15, 0.2) is 17.3 Å². The van der Waals surface area contributed by atoms with Crippen molar-refractivity contribution >= 4 is 51.1 Å². The van der Waals surface area contributed by atoms with Gasteiger partial charge in [-0.3, -0.25) is 10.2 Å². The third-order valence-electron chi connectivity index (χ3n) is 5.60. The molecule has 0 saturated carbocycles. The second kappa shape index (κ2) is 11.1. The zero-order chi connectivity index (χ0) is 26.6. The fourth-order valence-electron chi connectivity index (χ4n) is 3.72. The first-order valence-corrected chi connectivity index (χ1v) is 13.3. The maximum atomic E-state index is 12.8. The van der Waals surface area contributed by atoms with Crippen molar-refractivity contribution in [2.45, 2.75) is 6.92 Å². The van der Waals surface area contributed by atoms with Gasteiger partial charge in [0.05, 0.1) is 24.7 Å². The molecule has 0 aliphatic carbocycles. The van der Waals surface area contributed by atoms with Crippen molar-refractivity contribution in [1.29, 1.82) is 5.41 Å². The van der Waals surface area contributed by atoms with E-state index in [2.05, 4.69) is 10.1 Å². The van der Waals surface area contributed by atoms with Crippen LogP contribution in [0.15, 0.2) is 69.6 Å². The van der Waals surface area contributed by atoms with Crippen LogP contribution >= 0.6 is 23.1 Å². The number of aryl methyl sites for hydroxylation is 1. The first-order chi connectivity index (χ1) is 18.5. The molecule has 5 rings (SSSR count). The number of aliphatic imine (C=N–C) groups is 1. The molecule has 194 valence electrons. The minimum absolute atomic E-state index is 0.0504. The van der Waals surface area contributed by atoms with Gasteiger partial charge >= 0.3 is 0 Å². The second-order valence-electron chi connectivity index (χ2n) is 8.17. The van der Waals surface area contributed by atoms with Crippen molar-refractivity contribution in [2.75, 3.05) is 27.4 Å². The summed E-state index contributed by atoms with van der Waals surface area (Å²) in [7, 11) is 3.04. The fraction of sp³-hybridized carbons (Fsp3) is 0.185. The number of carbonyl (C=O) groups excluding carboxylic acids is 1. The molecule has 0 atom stereocenters. The third kappa shape index (κ3) is 5.29. The van der Waals surface area contributed by atoms with Crippen LogP contribution in [0.2, 0.25) is 0 Å². The van der Waals surface area contributed by atoms with E-state index in [9.17, 15) is 4.79 Å². The molecular weight excluding hydrogens is 524 g/mol. The number of nitrogens with zero attached hydrogens (tertiary/aromatic N) is 3. The molecule has 38 heavy (non-hydrogen) atoms. The SMILES string of the molecule is COc1cc(C=C2C(=N)N3N=C(c4cccs4)SC3=NC2=O)cc(OC)c1OCCOc1ccc(C)cc1. The van der Waals surface area contributed by atoms with E-state index in [0.29, 0.717) is 39.6 Å². The van der Waals surface area contributed by atoms with Crippen molar-refractivity contribution in [3.05, 3.63) is 75.5 Å². The van der Waals surface area contributed by atoms with E-state index in [4.69, 9.17) is 24.4 Å². The van der Waals surface area contributed by atoms with Crippen LogP contribution in [0.4, 0.5) is 0 Å². The smallest absolute Gasteiger partial charge is 0.283 e. The number of nitrogens with one attached hydrogen (secondary N) is 1. The van der Waals surface area contributed by atoms with Gasteiger partial charge in [-0.1, -0.05) is 23.8 Å². The summed E-state index contributed by atoms with van der Waals surface area (Å²) >= 11 is 2.81. The maximum Gasteiger partial charge on any atom is 0.283 e. The van der Waals surface area contributed by atoms with Crippen molar-refractivity contribution in [3.63, 3.8) is 0 Å². The highest BCUT2D eigenvalue weighted by Crippen LogP contribution is 2.40. The Labute approximate surface area is 227 Å². The standard InChI is InChI=1S/C27H24N4O5S2/c1-16-6-8-18(9-7-16)35-10-11-36-23-20(33-2)14-17(15-21(23)34-3)13-19-24(28)31-27(29-25(19)32)38-26(30-31)22-5-4-12-37-22/h4-9,12-15,28H,10-11H2,1-3H3. The number of hydrazone groups is 1. The monoisotopic (exact) mass is 548 g/mol. The summed E-state index contributed by atoms with van der Waals surface area (Å²) in [6.45, 7) is 2.61. The summed E-state index contributed by atoms with van der Waals surface area (Å²) in [5, 5.41) is 17.5. The van der Waals surface area contributed by atoms with Gasteiger partial charge in [-0.2, -0.15) is 15.1 Å². The van der Waals surface area contributed by atoms with E-state index < -0.39 is 5.91 Å². The number of amidine groups is 2. The number of hydrogen-bond acceptors (Lipinski definition) is 9. The maximum absolute atomic E-state index is 12.8. The number of rotatable bonds is 9. The topological polar surface area (TPSA) is 106 Å². The molecule has 2 aromatic carbocycles. The number of carbonyl (C=O) groups is 1. The minimum atomic E-state index is -0.511. The molecule has 0 spiro atoms. The molecule has 11 heteroatoms. The Bertz CT molecular complexity index is 1440. The lowest BCUT2D eigenvalue weighted by atomic mass is 10.1. The summed E-state index contributed by atoms with van der Waals surface area (Å²) in [6.07, 6.45) is 1.57. The van der Waals surface area contributed by atoms with E-state index in [1.54, 1.807) is 18.2 Å². The molecule has 0 bridgehead atoms. The molecule has 3 heterocycles. The Hall–Kier alpha value is -4.09. The van der Waals surface area contributed by atoms with Gasteiger partial charge in [0.25, 0.3) is 5.91 Å². The first kappa shape index (κ1) is 25.6. The highest BCUT2D eigenvalue weighted by atomic mass is 32.2. The van der Waals surface area contributed by atoms with Crippen LogP contribution in [0.25, 0.3) is 6.08 Å². The Morgan fingerprint density at radius 2 is 1.74 bits per heavy atom. The number of hydrogen-bond donors (Lipinski definition) is 1. The van der Waals surface area contributed by atoms with Crippen molar-refractivity contribution < 1.29 is 23.7 Å². The summed E-state index contributed by atoms with van der Waals surface area (Å²) in [5.41, 5.74) is 1.85. The lowest BCUT2D eigenvalue weighted by molar-refractivity contribution is -0.114. The number of thioether (sulfide) groups is 1. The fourth-order valence-corrected chi connectivity index (χ4v) is 5.41. The highest BCUT2D eigenvalue weighted by molar-refractivity contribution is 8.27. The number of benzene rings is 2. The predicted molar refractivity (Wildman–Crippen MR) is 150 cm³/mol. The molecule has 2 aliphatic rings. The zero-order valence-electron chi connectivity index (χ0n) is 20.9. The van der Waals surface area contributed by atoms with Crippen LogP contribution in [-0.4, -0.2) is 54.4 Å². The average molecular weight is 549 g/mol. The van der Waals surface area contributed by atoms with Crippen LogP contribution in [0, 0.1) is 12.3 Å². The largest absolute Gasteiger partial charge is 0.493 e. The third-order valence-corrected chi connectivity index (χ3v) is 7.55. The number of fused-ring (bicyclic) bond motifs is 1. The average Bonchev–Trinajstić information content (AvgIpc) is 3.60.